The molecule has 3 rings (SSSR count). The minimum Gasteiger partial charge on any atom is -0.481 e. The van der Waals surface area contributed by atoms with Crippen molar-refractivity contribution in [2.24, 2.45) is 0 Å². The average Bonchev–Trinajstić information content (AvgIpc) is 3.19. The highest BCUT2D eigenvalue weighted by molar-refractivity contribution is 5.97. The van der Waals surface area contributed by atoms with Gasteiger partial charge in [0, 0.05) is 22.9 Å². The topological polar surface area (TPSA) is 119 Å². The van der Waals surface area contributed by atoms with Crippen LogP contribution in [0.15, 0.2) is 36.5 Å². The van der Waals surface area contributed by atoms with Gasteiger partial charge in [0.1, 0.15) is 5.82 Å². The van der Waals surface area contributed by atoms with Crippen LogP contribution in [0.25, 0.3) is 28.2 Å². The average molecular weight is 442 g/mol. The third-order valence-corrected chi connectivity index (χ3v) is 5.40. The zero-order valence-electron chi connectivity index (χ0n) is 18.1. The number of aliphatic hydroxyl groups excluding tert-OH is 2. The number of aromatic nitrogens is 3. The predicted octanol–water partition coefficient (Wildman–Crippen LogP) is 4.27. The van der Waals surface area contributed by atoms with Crippen LogP contribution in [0.2, 0.25) is 0 Å². The number of nitrogens with zero attached hydrogens (tertiary/aromatic N) is 2. The lowest BCUT2D eigenvalue weighted by Gasteiger charge is -2.18. The molecular weight excluding hydrogens is 413 g/mol. The molecule has 32 heavy (non-hydrogen) atoms. The second-order valence-corrected chi connectivity index (χ2v) is 8.03. The van der Waals surface area contributed by atoms with Crippen molar-refractivity contribution in [1.82, 2.24) is 15.2 Å². The van der Waals surface area contributed by atoms with Crippen molar-refractivity contribution in [2.45, 2.75) is 57.7 Å². The van der Waals surface area contributed by atoms with Crippen LogP contribution in [0.5, 0.6) is 0 Å². The van der Waals surface area contributed by atoms with Crippen LogP contribution in [0.1, 0.15) is 56.7 Å². The van der Waals surface area contributed by atoms with Gasteiger partial charge in [-0.25, -0.2) is 9.37 Å². The quantitative estimate of drug-likeness (QED) is 0.373. The fourth-order valence-electron chi connectivity index (χ4n) is 3.89. The van der Waals surface area contributed by atoms with Gasteiger partial charge in [0.2, 0.25) is 0 Å². The first-order chi connectivity index (χ1) is 15.3. The molecule has 2 aromatic heterocycles. The molecule has 0 saturated carbocycles. The zero-order chi connectivity index (χ0) is 23.3. The molecule has 0 aliphatic carbocycles. The molecule has 3 aromatic rings. The van der Waals surface area contributed by atoms with Gasteiger partial charge in [-0.15, -0.1) is 0 Å². The molecule has 0 aliphatic heterocycles. The van der Waals surface area contributed by atoms with Gasteiger partial charge in [0.15, 0.2) is 5.65 Å². The Bertz CT molecular complexity index is 1090. The number of halogens is 1. The van der Waals surface area contributed by atoms with Gasteiger partial charge >= 0.3 is 5.97 Å². The number of carbonyl (C=O) groups is 1. The zero-order valence-corrected chi connectivity index (χ0v) is 18.1. The monoisotopic (exact) mass is 441 g/mol. The number of hydrogen-bond acceptors (Lipinski definition) is 5. The molecule has 0 spiro atoms. The number of fused-ring (bicyclic) bond motifs is 1. The first-order valence-corrected chi connectivity index (χ1v) is 10.7. The summed E-state index contributed by atoms with van der Waals surface area (Å²) in [6, 6.07) is 6.16. The van der Waals surface area contributed by atoms with Crippen molar-refractivity contribution < 1.29 is 24.5 Å². The summed E-state index contributed by atoms with van der Waals surface area (Å²) in [7, 11) is 0. The second-order valence-electron chi connectivity index (χ2n) is 8.03. The van der Waals surface area contributed by atoms with E-state index in [1.807, 2.05) is 0 Å². The molecule has 7 nitrogen and oxygen atoms in total. The smallest absolute Gasteiger partial charge is 0.305 e. The van der Waals surface area contributed by atoms with Crippen molar-refractivity contribution in [3.8, 4) is 11.1 Å². The summed E-state index contributed by atoms with van der Waals surface area (Å²) in [5.41, 5.74) is 3.81. The maximum absolute atomic E-state index is 13.6. The van der Waals surface area contributed by atoms with Gasteiger partial charge in [-0.05, 0) is 30.0 Å². The van der Waals surface area contributed by atoms with Crippen molar-refractivity contribution >= 4 is 23.1 Å². The van der Waals surface area contributed by atoms with E-state index in [4.69, 9.17) is 10.1 Å². The Morgan fingerprint density at radius 1 is 1.25 bits per heavy atom. The number of carboxylic acid groups (broad SMARTS) is 1. The fourth-order valence-corrected chi connectivity index (χ4v) is 3.89. The number of aromatic amines is 1. The van der Waals surface area contributed by atoms with Gasteiger partial charge in [-0.2, -0.15) is 5.10 Å². The molecule has 0 amide bonds. The van der Waals surface area contributed by atoms with Crippen molar-refractivity contribution in [2.75, 3.05) is 0 Å². The Balaban J connectivity index is 2.10. The van der Waals surface area contributed by atoms with Crippen LogP contribution in [0.4, 0.5) is 4.39 Å². The van der Waals surface area contributed by atoms with Crippen LogP contribution in [0.3, 0.4) is 0 Å². The fraction of sp³-hybridized carbons (Fsp3) is 0.375. The summed E-state index contributed by atoms with van der Waals surface area (Å²) < 4.78 is 13.6. The maximum atomic E-state index is 13.6. The number of benzene rings is 1. The normalized spacial score (nSPS) is 14.7. The summed E-state index contributed by atoms with van der Waals surface area (Å²) in [6.45, 7) is 4.17. The number of hydrogen-bond donors (Lipinski definition) is 4. The number of carboxylic acids is 1. The molecule has 4 N–H and O–H groups in total. The van der Waals surface area contributed by atoms with Gasteiger partial charge < -0.3 is 15.3 Å². The van der Waals surface area contributed by atoms with Crippen LogP contribution >= 0.6 is 0 Å². The highest BCUT2D eigenvalue weighted by atomic mass is 19.1. The number of pyridine rings is 1. The minimum absolute atomic E-state index is 0.101. The van der Waals surface area contributed by atoms with Gasteiger partial charge in [-0.3, -0.25) is 9.89 Å². The Morgan fingerprint density at radius 3 is 2.62 bits per heavy atom. The lowest BCUT2D eigenvalue weighted by Crippen LogP contribution is -2.19. The van der Waals surface area contributed by atoms with Gasteiger partial charge in [0.25, 0.3) is 0 Å². The summed E-state index contributed by atoms with van der Waals surface area (Å²) >= 11 is 0. The van der Waals surface area contributed by atoms with Crippen LogP contribution in [0, 0.1) is 5.82 Å². The third-order valence-electron chi connectivity index (χ3n) is 5.40. The SMILES string of the molecule is CCCC(C)c1nc2[nH]ncc2c(-c2ccc(F)cc2)c1/C=C/C(O)CC(O)CC(=O)O. The second kappa shape index (κ2) is 10.5. The van der Waals surface area contributed by atoms with E-state index in [0.29, 0.717) is 5.65 Å². The van der Waals surface area contributed by atoms with Gasteiger partial charge in [0.05, 0.1) is 30.5 Å². The van der Waals surface area contributed by atoms with Gasteiger partial charge in [-0.1, -0.05) is 44.6 Å². The molecule has 0 aliphatic rings. The van der Waals surface area contributed by atoms with Crippen molar-refractivity contribution in [3.63, 3.8) is 0 Å². The molecule has 3 atom stereocenters. The molecule has 170 valence electrons. The maximum Gasteiger partial charge on any atom is 0.305 e. The lowest BCUT2D eigenvalue weighted by atomic mass is 9.89. The molecule has 0 bridgehead atoms. The largest absolute Gasteiger partial charge is 0.481 e. The summed E-state index contributed by atoms with van der Waals surface area (Å²) in [5.74, 6) is -1.36. The van der Waals surface area contributed by atoms with Crippen LogP contribution < -0.4 is 0 Å². The number of aliphatic hydroxyl groups is 2. The molecule has 0 radical (unpaired) electrons. The highest BCUT2D eigenvalue weighted by Gasteiger charge is 2.20. The van der Waals surface area contributed by atoms with E-state index in [0.717, 1.165) is 40.6 Å². The number of nitrogens with one attached hydrogen (secondary N) is 1. The van der Waals surface area contributed by atoms with Crippen LogP contribution in [-0.2, 0) is 4.79 Å². The minimum atomic E-state index is -1.16. The Hall–Kier alpha value is -3.10. The first-order valence-electron chi connectivity index (χ1n) is 10.7. The van der Waals surface area contributed by atoms with E-state index in [1.54, 1.807) is 24.4 Å². The molecule has 2 heterocycles. The molecule has 0 fully saturated rings. The highest BCUT2D eigenvalue weighted by Crippen LogP contribution is 2.37. The lowest BCUT2D eigenvalue weighted by molar-refractivity contribution is -0.139. The molecular formula is C24H28FN3O4. The first kappa shape index (κ1) is 23.6. The molecule has 1 aromatic carbocycles. The number of rotatable bonds is 10. The third kappa shape index (κ3) is 5.57. The summed E-state index contributed by atoms with van der Waals surface area (Å²) in [4.78, 5) is 15.6. The predicted molar refractivity (Wildman–Crippen MR) is 121 cm³/mol. The van der Waals surface area contributed by atoms with Crippen LogP contribution in [-0.4, -0.2) is 48.7 Å². The Morgan fingerprint density at radius 2 is 1.97 bits per heavy atom. The number of H-pyrrole nitrogens is 1. The summed E-state index contributed by atoms with van der Waals surface area (Å²) in [5, 5.41) is 36.8. The van der Waals surface area contributed by atoms with Crippen molar-refractivity contribution in [1.29, 1.82) is 0 Å². The Kier molecular flexibility index (Phi) is 7.71. The van der Waals surface area contributed by atoms with E-state index >= 15 is 0 Å². The molecule has 8 heteroatoms. The summed E-state index contributed by atoms with van der Waals surface area (Å²) in [6.07, 6.45) is 4.07. The molecule has 3 unspecified atom stereocenters. The Labute approximate surface area is 185 Å². The molecule has 0 saturated heterocycles. The van der Waals surface area contributed by atoms with E-state index in [2.05, 4.69) is 24.0 Å². The van der Waals surface area contributed by atoms with E-state index in [9.17, 15) is 19.4 Å². The van der Waals surface area contributed by atoms with E-state index in [1.165, 1.54) is 18.2 Å². The number of aliphatic carboxylic acids is 1. The van der Waals surface area contributed by atoms with Crippen molar-refractivity contribution in [3.05, 3.63) is 53.6 Å². The van der Waals surface area contributed by atoms with E-state index < -0.39 is 24.6 Å². The standard InChI is InChI=1S/C24H28FN3O4/c1-3-4-14(2)23-19(10-9-17(29)11-18(30)12-21(31)32)22(15-5-7-16(25)8-6-15)20-13-26-28-24(20)27-23/h5-10,13-14,17-18,29-30H,3-4,11-12H2,1-2H3,(H,31,32)(H,26,27,28)/b10-9+. The van der Waals surface area contributed by atoms with E-state index in [-0.39, 0.29) is 18.2 Å².